The van der Waals surface area contributed by atoms with Crippen molar-refractivity contribution in [3.05, 3.63) is 85.1 Å². The third-order valence-electron chi connectivity index (χ3n) is 4.27. The summed E-state index contributed by atoms with van der Waals surface area (Å²) in [5.41, 5.74) is 2.74. The van der Waals surface area contributed by atoms with E-state index in [1.54, 1.807) is 30.3 Å². The highest BCUT2D eigenvalue weighted by atomic mass is 35.5. The lowest BCUT2D eigenvalue weighted by Gasteiger charge is -2.11. The summed E-state index contributed by atoms with van der Waals surface area (Å²) >= 11 is 5.88. The van der Waals surface area contributed by atoms with Gasteiger partial charge in [0, 0.05) is 17.9 Å². The third-order valence-corrected chi connectivity index (χ3v) is 4.52. The number of ether oxygens (including phenoxy) is 2. The monoisotopic (exact) mass is 457 g/mol. The first-order valence-corrected chi connectivity index (χ1v) is 9.87. The van der Waals surface area contributed by atoms with Gasteiger partial charge >= 0.3 is 5.69 Å². The molecule has 0 unspecified atom stereocenters. The molecule has 2 aromatic carbocycles. The SMILES string of the molecule is COc1cc(/C=N/NC(=O)CCc2n[nH]c(=O)[nH]c2=O)ccc1OCc1ccc(Cl)cc1. The van der Waals surface area contributed by atoms with Gasteiger partial charge in [0.05, 0.1) is 13.3 Å². The molecule has 0 aliphatic rings. The van der Waals surface area contributed by atoms with Gasteiger partial charge in [-0.2, -0.15) is 10.2 Å². The van der Waals surface area contributed by atoms with Crippen LogP contribution in [0.2, 0.25) is 5.02 Å². The minimum atomic E-state index is -0.704. The lowest BCUT2D eigenvalue weighted by Crippen LogP contribution is -2.28. The first-order valence-electron chi connectivity index (χ1n) is 9.49. The van der Waals surface area contributed by atoms with E-state index in [0.717, 1.165) is 5.56 Å². The number of methoxy groups -OCH3 is 1. The maximum Gasteiger partial charge on any atom is 0.342 e. The highest BCUT2D eigenvalue weighted by Gasteiger charge is 2.08. The molecule has 3 aromatic rings. The Morgan fingerprint density at radius 3 is 2.69 bits per heavy atom. The summed E-state index contributed by atoms with van der Waals surface area (Å²) in [6.07, 6.45) is 1.48. The summed E-state index contributed by atoms with van der Waals surface area (Å²) < 4.78 is 11.2. The Labute approximate surface area is 187 Å². The van der Waals surface area contributed by atoms with Gasteiger partial charge in [0.2, 0.25) is 5.91 Å². The van der Waals surface area contributed by atoms with E-state index in [1.807, 2.05) is 17.1 Å². The quantitative estimate of drug-likeness (QED) is 0.330. The van der Waals surface area contributed by atoms with Gasteiger partial charge in [-0.05, 0) is 41.5 Å². The summed E-state index contributed by atoms with van der Waals surface area (Å²) in [6.45, 7) is 0.351. The van der Waals surface area contributed by atoms with Crippen LogP contribution in [0.5, 0.6) is 11.5 Å². The van der Waals surface area contributed by atoms with Crippen LogP contribution in [0.4, 0.5) is 0 Å². The molecular weight excluding hydrogens is 438 g/mol. The predicted octanol–water partition coefficient (Wildman–Crippen LogP) is 1.78. The third kappa shape index (κ3) is 6.54. The topological polar surface area (TPSA) is 139 Å². The molecular formula is C21H20ClN5O5. The van der Waals surface area contributed by atoms with Gasteiger partial charge in [0.25, 0.3) is 5.56 Å². The first-order chi connectivity index (χ1) is 15.4. The van der Waals surface area contributed by atoms with Gasteiger partial charge < -0.3 is 9.47 Å². The molecule has 166 valence electrons. The molecule has 0 spiro atoms. The average molecular weight is 458 g/mol. The number of carbonyl (C=O) groups is 1. The number of halogens is 1. The molecule has 10 nitrogen and oxygen atoms in total. The number of H-pyrrole nitrogens is 2. The first kappa shape index (κ1) is 22.8. The molecule has 0 saturated carbocycles. The van der Waals surface area contributed by atoms with Crippen molar-refractivity contribution in [1.82, 2.24) is 20.6 Å². The number of aryl methyl sites for hydroxylation is 1. The van der Waals surface area contributed by atoms with Crippen LogP contribution in [-0.4, -0.2) is 34.4 Å². The number of carbonyl (C=O) groups excluding carboxylic acids is 1. The normalized spacial score (nSPS) is 10.8. The number of benzene rings is 2. The zero-order chi connectivity index (χ0) is 22.9. The molecule has 1 amide bonds. The number of aromatic amines is 2. The van der Waals surface area contributed by atoms with Crippen LogP contribution in [-0.2, 0) is 17.8 Å². The number of amides is 1. The predicted molar refractivity (Wildman–Crippen MR) is 118 cm³/mol. The van der Waals surface area contributed by atoms with Crippen LogP contribution in [0.1, 0.15) is 23.2 Å². The van der Waals surface area contributed by atoms with E-state index in [2.05, 4.69) is 20.7 Å². The number of hydrazone groups is 1. The molecule has 32 heavy (non-hydrogen) atoms. The lowest BCUT2D eigenvalue weighted by molar-refractivity contribution is -0.121. The molecule has 0 bridgehead atoms. The van der Waals surface area contributed by atoms with Crippen molar-refractivity contribution in [1.29, 1.82) is 0 Å². The number of nitrogens with zero attached hydrogens (tertiary/aromatic N) is 2. The van der Waals surface area contributed by atoms with Gasteiger partial charge in [-0.1, -0.05) is 23.7 Å². The number of nitrogens with one attached hydrogen (secondary N) is 3. The van der Waals surface area contributed by atoms with E-state index >= 15 is 0 Å². The molecule has 1 aromatic heterocycles. The Morgan fingerprint density at radius 2 is 1.97 bits per heavy atom. The fraction of sp³-hybridized carbons (Fsp3) is 0.190. The van der Waals surface area contributed by atoms with Crippen LogP contribution < -0.4 is 26.1 Å². The second-order valence-electron chi connectivity index (χ2n) is 6.57. The molecule has 1 heterocycles. The second kappa shape index (κ2) is 10.9. The van der Waals surface area contributed by atoms with Crippen LogP contribution in [0.3, 0.4) is 0 Å². The van der Waals surface area contributed by atoms with Crippen LogP contribution in [0, 0.1) is 0 Å². The summed E-state index contributed by atoms with van der Waals surface area (Å²) in [7, 11) is 1.53. The van der Waals surface area contributed by atoms with E-state index in [4.69, 9.17) is 21.1 Å². The molecule has 0 fully saturated rings. The van der Waals surface area contributed by atoms with Crippen molar-refractivity contribution in [2.24, 2.45) is 5.10 Å². The standard InChI is InChI=1S/C21H20ClN5O5/c1-31-18-10-14(4-8-17(18)32-12-13-2-5-15(22)6-3-13)11-23-26-19(28)9-7-16-20(29)24-21(30)27-25-16/h2-6,8,10-11H,7,9,12H2,1H3,(H,26,28)(H2,24,27,29,30)/b23-11+. The van der Waals surface area contributed by atoms with Crippen LogP contribution in [0.25, 0.3) is 0 Å². The smallest absolute Gasteiger partial charge is 0.342 e. The minimum Gasteiger partial charge on any atom is -0.493 e. The second-order valence-corrected chi connectivity index (χ2v) is 7.01. The number of aromatic nitrogens is 3. The summed E-state index contributed by atoms with van der Waals surface area (Å²) in [5.74, 6) is 0.656. The molecule has 0 saturated heterocycles. The molecule has 3 N–H and O–H groups in total. The fourth-order valence-electron chi connectivity index (χ4n) is 2.63. The molecule has 0 atom stereocenters. The van der Waals surface area contributed by atoms with E-state index < -0.39 is 17.2 Å². The Balaban J connectivity index is 1.53. The van der Waals surface area contributed by atoms with Crippen molar-refractivity contribution in [3.63, 3.8) is 0 Å². The molecule has 0 aliphatic heterocycles. The molecule has 0 radical (unpaired) electrons. The average Bonchev–Trinajstić information content (AvgIpc) is 2.78. The van der Waals surface area contributed by atoms with E-state index in [9.17, 15) is 14.4 Å². The zero-order valence-electron chi connectivity index (χ0n) is 17.1. The summed E-state index contributed by atoms with van der Waals surface area (Å²) in [5, 5.41) is 10.3. The summed E-state index contributed by atoms with van der Waals surface area (Å²) in [6, 6.07) is 12.6. The fourth-order valence-corrected chi connectivity index (χ4v) is 2.76. The molecule has 0 aliphatic carbocycles. The number of hydrogen-bond donors (Lipinski definition) is 3. The van der Waals surface area contributed by atoms with E-state index in [1.165, 1.54) is 13.3 Å². The Hall–Kier alpha value is -3.92. The maximum absolute atomic E-state index is 11.9. The number of hydrogen-bond acceptors (Lipinski definition) is 7. The van der Waals surface area contributed by atoms with Crippen LogP contribution >= 0.6 is 11.6 Å². The van der Waals surface area contributed by atoms with Gasteiger partial charge in [-0.3, -0.25) is 14.6 Å². The van der Waals surface area contributed by atoms with Gasteiger partial charge in [0.1, 0.15) is 12.3 Å². The Kier molecular flexibility index (Phi) is 7.76. The van der Waals surface area contributed by atoms with Crippen molar-refractivity contribution in [2.75, 3.05) is 7.11 Å². The maximum atomic E-state index is 11.9. The van der Waals surface area contributed by atoms with Crippen molar-refractivity contribution in [2.45, 2.75) is 19.4 Å². The van der Waals surface area contributed by atoms with Gasteiger partial charge in [0.15, 0.2) is 11.5 Å². The zero-order valence-corrected chi connectivity index (χ0v) is 17.8. The number of rotatable bonds is 9. The van der Waals surface area contributed by atoms with E-state index in [-0.39, 0.29) is 18.5 Å². The van der Waals surface area contributed by atoms with Gasteiger partial charge in [-0.25, -0.2) is 15.3 Å². The van der Waals surface area contributed by atoms with Crippen molar-refractivity contribution in [3.8, 4) is 11.5 Å². The highest BCUT2D eigenvalue weighted by Crippen LogP contribution is 2.28. The van der Waals surface area contributed by atoms with Crippen molar-refractivity contribution < 1.29 is 14.3 Å². The molecule has 11 heteroatoms. The van der Waals surface area contributed by atoms with Gasteiger partial charge in [-0.15, -0.1) is 0 Å². The molecule has 3 rings (SSSR count). The Bertz CT molecular complexity index is 1220. The minimum absolute atomic E-state index is 0.0275. The largest absolute Gasteiger partial charge is 0.493 e. The highest BCUT2D eigenvalue weighted by molar-refractivity contribution is 6.30. The lowest BCUT2D eigenvalue weighted by atomic mass is 10.2. The van der Waals surface area contributed by atoms with E-state index in [0.29, 0.717) is 28.7 Å². The summed E-state index contributed by atoms with van der Waals surface area (Å²) in [4.78, 5) is 36.5. The van der Waals surface area contributed by atoms with Crippen LogP contribution in [0.15, 0.2) is 57.2 Å². The Morgan fingerprint density at radius 1 is 1.19 bits per heavy atom. The van der Waals surface area contributed by atoms with Crippen molar-refractivity contribution >= 4 is 23.7 Å².